The predicted octanol–water partition coefficient (Wildman–Crippen LogP) is 4.82. The van der Waals surface area contributed by atoms with Crippen LogP contribution in [0.2, 0.25) is 0 Å². The van der Waals surface area contributed by atoms with Crippen molar-refractivity contribution in [2.75, 3.05) is 0 Å². The molecule has 2 N–H and O–H groups in total. The van der Waals surface area contributed by atoms with Crippen LogP contribution in [0.4, 0.5) is 5.69 Å². The summed E-state index contributed by atoms with van der Waals surface area (Å²) >= 11 is 0. The van der Waals surface area contributed by atoms with Gasteiger partial charge in [0.2, 0.25) is 0 Å². The van der Waals surface area contributed by atoms with Crippen LogP contribution in [-0.4, -0.2) is 21.7 Å². The lowest BCUT2D eigenvalue weighted by atomic mass is 9.73. The van der Waals surface area contributed by atoms with Crippen molar-refractivity contribution in [2.24, 2.45) is 10.4 Å². The quantitative estimate of drug-likeness (QED) is 0.610. The molecule has 0 radical (unpaired) electrons. The number of ketones is 1. The molecular formula is C21H21NO3. The molecule has 4 heteroatoms. The Bertz CT molecular complexity index is 864. The number of nitrogens with zero attached hydrogens (tertiary/aromatic N) is 1. The van der Waals surface area contributed by atoms with Crippen molar-refractivity contribution >= 4 is 22.9 Å². The number of rotatable bonds is 2. The minimum absolute atomic E-state index is 0.0457. The number of phenolic OH excluding ortho intramolecular Hbond substituents is 1. The molecule has 0 aromatic heterocycles. The Morgan fingerprint density at radius 2 is 1.64 bits per heavy atom. The monoisotopic (exact) mass is 335 g/mol. The summed E-state index contributed by atoms with van der Waals surface area (Å²) in [6.45, 7) is 4.00. The number of phenols is 1. The third-order valence-corrected chi connectivity index (χ3v) is 4.27. The number of aromatic hydroxyl groups is 1. The molecule has 3 rings (SSSR count). The summed E-state index contributed by atoms with van der Waals surface area (Å²) < 4.78 is 0. The van der Waals surface area contributed by atoms with Gasteiger partial charge in [0, 0.05) is 12.0 Å². The predicted molar refractivity (Wildman–Crippen MR) is 99.2 cm³/mol. The highest BCUT2D eigenvalue weighted by Gasteiger charge is 2.36. The summed E-state index contributed by atoms with van der Waals surface area (Å²) in [5.41, 5.74) is 1.47. The number of hydrogen-bond acceptors (Lipinski definition) is 4. The lowest BCUT2D eigenvalue weighted by molar-refractivity contribution is -0.117. The van der Waals surface area contributed by atoms with Gasteiger partial charge in [-0.1, -0.05) is 56.3 Å². The molecule has 1 aliphatic carbocycles. The van der Waals surface area contributed by atoms with Crippen LogP contribution in [0.1, 0.15) is 32.3 Å². The largest absolute Gasteiger partial charge is 0.506 e. The Balaban J connectivity index is 2.17. The van der Waals surface area contributed by atoms with Crippen molar-refractivity contribution in [1.82, 2.24) is 0 Å². The second kappa shape index (κ2) is 6.55. The lowest BCUT2D eigenvalue weighted by Gasteiger charge is -2.31. The number of aliphatic hydroxyl groups excluding tert-OH is 1. The van der Waals surface area contributed by atoms with Crippen molar-refractivity contribution in [3.8, 4) is 5.75 Å². The smallest absolute Gasteiger partial charge is 0.169 e. The first-order valence-electron chi connectivity index (χ1n) is 8.25. The summed E-state index contributed by atoms with van der Waals surface area (Å²) in [6, 6.07) is 15.7. The zero-order valence-corrected chi connectivity index (χ0v) is 14.4. The third kappa shape index (κ3) is 3.63. The Hall–Kier alpha value is -2.88. The van der Waals surface area contributed by atoms with Crippen molar-refractivity contribution in [1.29, 1.82) is 0 Å². The molecule has 1 saturated carbocycles. The summed E-state index contributed by atoms with van der Waals surface area (Å²) in [4.78, 5) is 17.3. The molecule has 2 aromatic rings. The average Bonchev–Trinajstić information content (AvgIpc) is 2.56. The molecule has 1 aliphatic rings. The first kappa shape index (κ1) is 17.0. The topological polar surface area (TPSA) is 69.9 Å². The van der Waals surface area contributed by atoms with Gasteiger partial charge in [0.1, 0.15) is 17.2 Å². The number of carbonyl (C=O) groups excluding carboxylic acids is 1. The van der Waals surface area contributed by atoms with Gasteiger partial charge in [-0.25, -0.2) is 4.99 Å². The zero-order chi connectivity index (χ0) is 18.0. The molecular weight excluding hydrogens is 314 g/mol. The van der Waals surface area contributed by atoms with Gasteiger partial charge in [-0.15, -0.1) is 0 Å². The van der Waals surface area contributed by atoms with Crippen LogP contribution in [0, 0.1) is 5.41 Å². The molecule has 0 amide bonds. The fourth-order valence-corrected chi connectivity index (χ4v) is 3.10. The van der Waals surface area contributed by atoms with Crippen LogP contribution in [0.3, 0.4) is 0 Å². The molecule has 1 fully saturated rings. The van der Waals surface area contributed by atoms with Crippen LogP contribution >= 0.6 is 0 Å². The van der Waals surface area contributed by atoms with Crippen molar-refractivity contribution in [3.63, 3.8) is 0 Å². The highest BCUT2D eigenvalue weighted by Crippen LogP contribution is 2.38. The van der Waals surface area contributed by atoms with E-state index in [0.29, 0.717) is 29.8 Å². The van der Waals surface area contributed by atoms with Crippen molar-refractivity contribution in [3.05, 3.63) is 65.7 Å². The van der Waals surface area contributed by atoms with Crippen LogP contribution in [-0.2, 0) is 4.79 Å². The SMILES string of the molecule is CC1(C)CC(=O)C(=C(O)c2ccccc2)C(=Nc2ccccc2O)C1. The number of para-hydroxylation sites is 2. The molecule has 0 atom stereocenters. The van der Waals surface area contributed by atoms with E-state index in [0.717, 1.165) is 0 Å². The fraction of sp³-hybridized carbons (Fsp3) is 0.238. The van der Waals surface area contributed by atoms with E-state index in [1.54, 1.807) is 36.4 Å². The molecule has 25 heavy (non-hydrogen) atoms. The number of benzene rings is 2. The van der Waals surface area contributed by atoms with E-state index in [9.17, 15) is 15.0 Å². The zero-order valence-electron chi connectivity index (χ0n) is 14.4. The maximum Gasteiger partial charge on any atom is 0.169 e. The van der Waals surface area contributed by atoms with E-state index in [1.807, 2.05) is 32.0 Å². The van der Waals surface area contributed by atoms with Gasteiger partial charge in [-0.2, -0.15) is 0 Å². The van der Waals surface area contributed by atoms with E-state index >= 15 is 0 Å². The molecule has 0 bridgehead atoms. The van der Waals surface area contributed by atoms with E-state index < -0.39 is 0 Å². The summed E-state index contributed by atoms with van der Waals surface area (Å²) in [6.07, 6.45) is 0.887. The fourth-order valence-electron chi connectivity index (χ4n) is 3.10. The summed E-state index contributed by atoms with van der Waals surface area (Å²) in [7, 11) is 0. The normalized spacial score (nSPS) is 20.6. The summed E-state index contributed by atoms with van der Waals surface area (Å²) in [5.74, 6) is -0.147. The lowest BCUT2D eigenvalue weighted by Crippen LogP contribution is -2.32. The van der Waals surface area contributed by atoms with Gasteiger partial charge in [0.15, 0.2) is 5.78 Å². The Kier molecular flexibility index (Phi) is 4.45. The third-order valence-electron chi connectivity index (χ3n) is 4.27. The van der Waals surface area contributed by atoms with Gasteiger partial charge in [-0.3, -0.25) is 4.79 Å². The van der Waals surface area contributed by atoms with E-state index in [-0.39, 0.29) is 28.3 Å². The summed E-state index contributed by atoms with van der Waals surface area (Å²) in [5, 5.41) is 20.7. The van der Waals surface area contributed by atoms with Gasteiger partial charge in [0.05, 0.1) is 11.3 Å². The van der Waals surface area contributed by atoms with Gasteiger partial charge >= 0.3 is 0 Å². The van der Waals surface area contributed by atoms with Crippen molar-refractivity contribution in [2.45, 2.75) is 26.7 Å². The van der Waals surface area contributed by atoms with Crippen LogP contribution in [0.15, 0.2) is 65.2 Å². The first-order chi connectivity index (χ1) is 11.9. The van der Waals surface area contributed by atoms with E-state index in [2.05, 4.69) is 4.99 Å². The second-order valence-corrected chi connectivity index (χ2v) is 7.08. The van der Waals surface area contributed by atoms with Crippen LogP contribution in [0.25, 0.3) is 5.76 Å². The standard InChI is InChI=1S/C21H21NO3/c1-21(2)12-16(22-15-10-6-7-11-17(15)23)19(18(24)13-21)20(25)14-8-4-3-5-9-14/h3-11,23,25H,12-13H2,1-2H3. The number of aliphatic imine (C=N–C) groups is 1. The minimum Gasteiger partial charge on any atom is -0.506 e. The Morgan fingerprint density at radius 1 is 1.00 bits per heavy atom. The van der Waals surface area contributed by atoms with E-state index in [1.165, 1.54) is 0 Å². The number of aliphatic hydroxyl groups is 1. The highest BCUT2D eigenvalue weighted by atomic mass is 16.3. The van der Waals surface area contributed by atoms with Gasteiger partial charge < -0.3 is 10.2 Å². The molecule has 128 valence electrons. The van der Waals surface area contributed by atoms with Crippen LogP contribution < -0.4 is 0 Å². The number of hydrogen-bond donors (Lipinski definition) is 2. The van der Waals surface area contributed by atoms with Gasteiger partial charge in [0.25, 0.3) is 0 Å². The van der Waals surface area contributed by atoms with Crippen LogP contribution in [0.5, 0.6) is 5.75 Å². The number of Topliss-reactive ketones (excluding diaryl/α,β-unsaturated/α-hetero) is 1. The minimum atomic E-state index is -0.249. The molecule has 0 unspecified atom stereocenters. The number of carbonyl (C=O) groups is 1. The number of allylic oxidation sites excluding steroid dienone is 1. The van der Waals surface area contributed by atoms with Crippen molar-refractivity contribution < 1.29 is 15.0 Å². The molecule has 0 heterocycles. The highest BCUT2D eigenvalue weighted by molar-refractivity contribution is 6.28. The van der Waals surface area contributed by atoms with E-state index in [4.69, 9.17) is 0 Å². The second-order valence-electron chi connectivity index (χ2n) is 7.08. The Labute approximate surface area is 147 Å². The molecule has 0 aliphatic heterocycles. The first-order valence-corrected chi connectivity index (χ1v) is 8.25. The average molecular weight is 335 g/mol. The molecule has 2 aromatic carbocycles. The molecule has 0 saturated heterocycles. The maximum absolute atomic E-state index is 12.7. The molecule has 0 spiro atoms. The van der Waals surface area contributed by atoms with Gasteiger partial charge in [-0.05, 0) is 24.0 Å². The maximum atomic E-state index is 12.7. The Morgan fingerprint density at radius 3 is 2.32 bits per heavy atom. The molecule has 4 nitrogen and oxygen atoms in total.